The van der Waals surface area contributed by atoms with Crippen LogP contribution in [0.5, 0.6) is 0 Å². The van der Waals surface area contributed by atoms with E-state index < -0.39 is 0 Å². The van der Waals surface area contributed by atoms with Crippen LogP contribution in [-0.2, 0) is 9.59 Å². The summed E-state index contributed by atoms with van der Waals surface area (Å²) in [5.74, 6) is 0.322. The minimum Gasteiger partial charge on any atom is -0.329 e. The summed E-state index contributed by atoms with van der Waals surface area (Å²) in [6.07, 6.45) is 6.17. The van der Waals surface area contributed by atoms with Gasteiger partial charge in [0.25, 0.3) is 0 Å². The smallest absolute Gasteiger partial charge is 0.246 e. The maximum absolute atomic E-state index is 12.7. The largest absolute Gasteiger partial charge is 0.329 e. The highest BCUT2D eigenvalue weighted by atomic mass is 16.2. The molecule has 2 saturated heterocycles. The van der Waals surface area contributed by atoms with Gasteiger partial charge in [0.1, 0.15) is 12.1 Å². The zero-order valence-electron chi connectivity index (χ0n) is 12.4. The molecule has 0 N–H and O–H groups in total. The van der Waals surface area contributed by atoms with Crippen molar-refractivity contribution < 1.29 is 9.59 Å². The van der Waals surface area contributed by atoms with Crippen molar-refractivity contribution >= 4 is 11.8 Å². The van der Waals surface area contributed by atoms with Gasteiger partial charge in [0.2, 0.25) is 11.8 Å². The minimum atomic E-state index is -0.284. The van der Waals surface area contributed by atoms with E-state index >= 15 is 0 Å². The fraction of sp³-hybridized carbons (Fsp3) is 0.867. The van der Waals surface area contributed by atoms with Crippen molar-refractivity contribution in [2.45, 2.75) is 77.4 Å². The summed E-state index contributed by atoms with van der Waals surface area (Å²) in [6.45, 7) is 6.88. The molecule has 3 atom stereocenters. The van der Waals surface area contributed by atoms with Gasteiger partial charge in [0.15, 0.2) is 0 Å². The third kappa shape index (κ3) is 2.63. The van der Waals surface area contributed by atoms with Gasteiger partial charge in [-0.15, -0.1) is 0 Å². The minimum absolute atomic E-state index is 0.146. The number of piperazine rings is 1. The summed E-state index contributed by atoms with van der Waals surface area (Å²) >= 11 is 0. The molecule has 0 radical (unpaired) electrons. The molecule has 2 aliphatic heterocycles. The van der Waals surface area contributed by atoms with Crippen molar-refractivity contribution in [1.82, 2.24) is 9.80 Å². The Hall–Kier alpha value is -1.06. The molecular formula is C15H26N2O2. The molecule has 3 unspecified atom stereocenters. The molecule has 4 nitrogen and oxygen atoms in total. The topological polar surface area (TPSA) is 40.6 Å². The Morgan fingerprint density at radius 3 is 2.68 bits per heavy atom. The molecule has 4 heteroatoms. The number of amides is 2. The number of carbonyl (C=O) groups is 2. The van der Waals surface area contributed by atoms with Crippen molar-refractivity contribution in [3.63, 3.8) is 0 Å². The number of nitrogens with zero attached hydrogens (tertiary/aromatic N) is 2. The van der Waals surface area contributed by atoms with Crippen LogP contribution < -0.4 is 0 Å². The summed E-state index contributed by atoms with van der Waals surface area (Å²) in [7, 11) is 0. The van der Waals surface area contributed by atoms with Gasteiger partial charge in [-0.2, -0.15) is 0 Å². The number of fused-ring (bicyclic) bond motifs is 1. The van der Waals surface area contributed by atoms with E-state index in [2.05, 4.69) is 13.8 Å². The highest BCUT2D eigenvalue weighted by Gasteiger charge is 2.45. The van der Waals surface area contributed by atoms with Gasteiger partial charge >= 0.3 is 0 Å². The van der Waals surface area contributed by atoms with Gasteiger partial charge in [-0.1, -0.05) is 19.8 Å². The first-order valence-corrected chi connectivity index (χ1v) is 7.70. The first kappa shape index (κ1) is 14.4. The van der Waals surface area contributed by atoms with Crippen LogP contribution in [-0.4, -0.2) is 46.3 Å². The molecule has 19 heavy (non-hydrogen) atoms. The Morgan fingerprint density at radius 1 is 1.26 bits per heavy atom. The van der Waals surface area contributed by atoms with Crippen molar-refractivity contribution in [1.29, 1.82) is 0 Å². The zero-order valence-corrected chi connectivity index (χ0v) is 12.4. The lowest BCUT2D eigenvalue weighted by molar-refractivity contribution is -0.165. The standard InChI is InChI=1S/C15H26N2O2/c1-4-5-8-11(2)17-12(3)14(18)16-10-7-6-9-13(16)15(17)19/h11-13H,4-10H2,1-3H3. The molecule has 108 valence electrons. The number of carbonyl (C=O) groups excluding carboxylic acids is 2. The Labute approximate surface area is 116 Å². The van der Waals surface area contributed by atoms with Crippen molar-refractivity contribution in [2.24, 2.45) is 0 Å². The molecule has 0 aromatic heterocycles. The number of rotatable bonds is 4. The lowest BCUT2D eigenvalue weighted by Crippen LogP contribution is -2.66. The summed E-state index contributed by atoms with van der Waals surface area (Å²) in [5.41, 5.74) is 0. The normalized spacial score (nSPS) is 29.4. The molecule has 0 spiro atoms. The summed E-state index contributed by atoms with van der Waals surface area (Å²) in [5, 5.41) is 0. The zero-order chi connectivity index (χ0) is 14.0. The molecular weight excluding hydrogens is 240 g/mol. The molecule has 0 bridgehead atoms. The average molecular weight is 266 g/mol. The number of hydrogen-bond donors (Lipinski definition) is 0. The highest BCUT2D eigenvalue weighted by molar-refractivity contribution is 5.97. The van der Waals surface area contributed by atoms with E-state index in [1.54, 1.807) is 0 Å². The van der Waals surface area contributed by atoms with Crippen LogP contribution in [0.4, 0.5) is 0 Å². The van der Waals surface area contributed by atoms with Crippen LogP contribution in [0.1, 0.15) is 59.3 Å². The van der Waals surface area contributed by atoms with E-state index in [9.17, 15) is 9.59 Å². The van der Waals surface area contributed by atoms with E-state index in [4.69, 9.17) is 0 Å². The van der Waals surface area contributed by atoms with Gasteiger partial charge in [-0.3, -0.25) is 9.59 Å². The molecule has 2 fully saturated rings. The van der Waals surface area contributed by atoms with E-state index in [1.165, 1.54) is 0 Å². The molecule has 2 amide bonds. The van der Waals surface area contributed by atoms with E-state index in [-0.39, 0.29) is 29.9 Å². The molecule has 2 rings (SSSR count). The predicted molar refractivity (Wildman–Crippen MR) is 74.6 cm³/mol. The van der Waals surface area contributed by atoms with Crippen molar-refractivity contribution in [2.75, 3.05) is 6.54 Å². The van der Waals surface area contributed by atoms with Gasteiger partial charge < -0.3 is 9.80 Å². The van der Waals surface area contributed by atoms with Crippen LogP contribution in [0.3, 0.4) is 0 Å². The van der Waals surface area contributed by atoms with Gasteiger partial charge in [-0.25, -0.2) is 0 Å². The second kappa shape index (κ2) is 5.93. The molecule has 0 aromatic rings. The molecule has 2 aliphatic rings. The maximum atomic E-state index is 12.7. The second-order valence-corrected chi connectivity index (χ2v) is 5.96. The second-order valence-electron chi connectivity index (χ2n) is 5.96. The van der Waals surface area contributed by atoms with Crippen molar-refractivity contribution in [3.05, 3.63) is 0 Å². The monoisotopic (exact) mass is 266 g/mol. The predicted octanol–water partition coefficient (Wildman–Crippen LogP) is 2.18. The summed E-state index contributed by atoms with van der Waals surface area (Å²) in [6, 6.07) is -0.286. The third-order valence-electron chi connectivity index (χ3n) is 4.55. The van der Waals surface area contributed by atoms with Crippen LogP contribution in [0, 0.1) is 0 Å². The number of hydrogen-bond acceptors (Lipinski definition) is 2. The molecule has 0 aliphatic carbocycles. The van der Waals surface area contributed by atoms with Gasteiger partial charge in [0, 0.05) is 12.6 Å². The molecule has 0 aromatic carbocycles. The van der Waals surface area contributed by atoms with Gasteiger partial charge in [0.05, 0.1) is 0 Å². The van der Waals surface area contributed by atoms with Crippen molar-refractivity contribution in [3.8, 4) is 0 Å². The Bertz CT molecular complexity index is 356. The first-order chi connectivity index (χ1) is 9.07. The Morgan fingerprint density at radius 2 is 2.00 bits per heavy atom. The van der Waals surface area contributed by atoms with Crippen LogP contribution in [0.2, 0.25) is 0 Å². The molecule has 0 saturated carbocycles. The quantitative estimate of drug-likeness (QED) is 0.782. The Balaban J connectivity index is 2.14. The van der Waals surface area contributed by atoms with Crippen LogP contribution in [0.15, 0.2) is 0 Å². The fourth-order valence-corrected chi connectivity index (χ4v) is 3.41. The lowest BCUT2D eigenvalue weighted by atomic mass is 9.94. The van der Waals surface area contributed by atoms with Crippen LogP contribution >= 0.6 is 0 Å². The summed E-state index contributed by atoms with van der Waals surface area (Å²) < 4.78 is 0. The first-order valence-electron chi connectivity index (χ1n) is 7.70. The van der Waals surface area contributed by atoms with Crippen LogP contribution in [0.25, 0.3) is 0 Å². The van der Waals surface area contributed by atoms with E-state index in [1.807, 2.05) is 16.7 Å². The molecule has 2 heterocycles. The van der Waals surface area contributed by atoms with E-state index in [0.29, 0.717) is 0 Å². The number of piperidine rings is 1. The SMILES string of the molecule is CCCCC(C)N1C(=O)C2CCCCN2C(=O)C1C. The summed E-state index contributed by atoms with van der Waals surface area (Å²) in [4.78, 5) is 28.7. The fourth-order valence-electron chi connectivity index (χ4n) is 3.41. The van der Waals surface area contributed by atoms with Gasteiger partial charge in [-0.05, 0) is 39.5 Å². The third-order valence-corrected chi connectivity index (χ3v) is 4.55. The number of unbranched alkanes of at least 4 members (excludes halogenated alkanes) is 1. The van der Waals surface area contributed by atoms with E-state index in [0.717, 1.165) is 45.1 Å². The Kier molecular flexibility index (Phi) is 4.48. The average Bonchev–Trinajstić information content (AvgIpc) is 2.43. The lowest BCUT2D eigenvalue weighted by Gasteiger charge is -2.48. The maximum Gasteiger partial charge on any atom is 0.246 e. The highest BCUT2D eigenvalue weighted by Crippen LogP contribution is 2.28.